The van der Waals surface area contributed by atoms with Gasteiger partial charge in [0.25, 0.3) is 0 Å². The van der Waals surface area contributed by atoms with Gasteiger partial charge in [0.05, 0.1) is 0 Å². The molecule has 1 aliphatic heterocycles. The molecule has 108 valence electrons. The van der Waals surface area contributed by atoms with Crippen LogP contribution in [0, 0.1) is 0 Å². The predicted octanol–water partition coefficient (Wildman–Crippen LogP) is 4.49. The third-order valence-electron chi connectivity index (χ3n) is 4.95. The Morgan fingerprint density at radius 1 is 1.10 bits per heavy atom. The first-order valence-corrected chi connectivity index (χ1v) is 7.98. The fraction of sp³-hybridized carbons (Fsp3) is 0.611. The molecular weight excluding hydrogens is 248 g/mol. The number of rotatable bonds is 3. The lowest BCUT2D eigenvalue weighted by molar-refractivity contribution is 0.0213. The molecule has 1 heterocycles. The van der Waals surface area contributed by atoms with Gasteiger partial charge in [0.1, 0.15) is 5.60 Å². The Labute approximate surface area is 121 Å². The first-order valence-electron chi connectivity index (χ1n) is 7.98. The number of hydrogen-bond donors (Lipinski definition) is 0. The topological polar surface area (TPSA) is 26.3 Å². The van der Waals surface area contributed by atoms with Crippen molar-refractivity contribution in [3.8, 4) is 0 Å². The second kappa shape index (κ2) is 5.69. The average Bonchev–Trinajstić information content (AvgIpc) is 2.96. The van der Waals surface area contributed by atoms with Gasteiger partial charge in [-0.15, -0.1) is 0 Å². The van der Waals surface area contributed by atoms with E-state index < -0.39 is 5.60 Å². The summed E-state index contributed by atoms with van der Waals surface area (Å²) in [5.41, 5.74) is 1.61. The highest BCUT2D eigenvalue weighted by Crippen LogP contribution is 2.33. The fourth-order valence-corrected chi connectivity index (χ4v) is 3.61. The standard InChI is InChI=1S/C18H24O2/c1-18(12-5-13-20-18)17(19)16-10-8-15(9-11-16)14-6-3-2-4-7-14/h8-11,14H,2-7,12-13H2,1H3. The second-order valence-electron chi connectivity index (χ2n) is 6.47. The van der Waals surface area contributed by atoms with E-state index in [9.17, 15) is 4.79 Å². The van der Waals surface area contributed by atoms with Gasteiger partial charge in [0.2, 0.25) is 0 Å². The van der Waals surface area contributed by atoms with Crippen LogP contribution >= 0.6 is 0 Å². The quantitative estimate of drug-likeness (QED) is 0.758. The number of hydrogen-bond acceptors (Lipinski definition) is 2. The van der Waals surface area contributed by atoms with E-state index in [1.165, 1.54) is 37.7 Å². The Kier molecular flexibility index (Phi) is 3.93. The lowest BCUT2D eigenvalue weighted by Crippen LogP contribution is -2.34. The summed E-state index contributed by atoms with van der Waals surface area (Å²) in [5, 5.41) is 0. The van der Waals surface area contributed by atoms with Crippen LogP contribution in [-0.2, 0) is 4.74 Å². The molecule has 1 saturated carbocycles. The van der Waals surface area contributed by atoms with Gasteiger partial charge in [-0.05, 0) is 44.1 Å². The smallest absolute Gasteiger partial charge is 0.194 e. The van der Waals surface area contributed by atoms with E-state index in [1.54, 1.807) is 0 Å². The van der Waals surface area contributed by atoms with E-state index in [0.29, 0.717) is 12.5 Å². The van der Waals surface area contributed by atoms with E-state index in [1.807, 2.05) is 19.1 Å². The van der Waals surface area contributed by atoms with E-state index in [4.69, 9.17) is 4.74 Å². The molecule has 0 bridgehead atoms. The van der Waals surface area contributed by atoms with Crippen molar-refractivity contribution < 1.29 is 9.53 Å². The van der Waals surface area contributed by atoms with Crippen molar-refractivity contribution in [2.24, 2.45) is 0 Å². The maximum absolute atomic E-state index is 12.5. The molecule has 2 fully saturated rings. The van der Waals surface area contributed by atoms with Crippen LogP contribution in [-0.4, -0.2) is 18.0 Å². The van der Waals surface area contributed by atoms with Crippen LogP contribution in [0.25, 0.3) is 0 Å². The fourth-order valence-electron chi connectivity index (χ4n) is 3.61. The van der Waals surface area contributed by atoms with Crippen LogP contribution in [0.15, 0.2) is 24.3 Å². The van der Waals surface area contributed by atoms with Crippen LogP contribution in [0.4, 0.5) is 0 Å². The molecule has 3 rings (SSSR count). The molecule has 2 nitrogen and oxygen atoms in total. The van der Waals surface area contributed by atoms with Crippen molar-refractivity contribution in [3.05, 3.63) is 35.4 Å². The second-order valence-corrected chi connectivity index (χ2v) is 6.47. The Morgan fingerprint density at radius 3 is 2.40 bits per heavy atom. The third-order valence-corrected chi connectivity index (χ3v) is 4.95. The van der Waals surface area contributed by atoms with Gasteiger partial charge in [-0.25, -0.2) is 0 Å². The molecule has 0 spiro atoms. The van der Waals surface area contributed by atoms with Gasteiger partial charge >= 0.3 is 0 Å². The molecule has 1 saturated heterocycles. The SMILES string of the molecule is CC1(C(=O)c2ccc(C3CCCCC3)cc2)CCCO1. The van der Waals surface area contributed by atoms with Gasteiger partial charge < -0.3 is 4.74 Å². The van der Waals surface area contributed by atoms with Crippen LogP contribution in [0.2, 0.25) is 0 Å². The van der Waals surface area contributed by atoms with E-state index >= 15 is 0 Å². The maximum Gasteiger partial charge on any atom is 0.194 e. The molecule has 0 amide bonds. The third kappa shape index (κ3) is 2.67. The lowest BCUT2D eigenvalue weighted by atomic mass is 9.83. The normalized spacial score (nSPS) is 27.6. The van der Waals surface area contributed by atoms with Crippen LogP contribution in [0.3, 0.4) is 0 Å². The zero-order valence-corrected chi connectivity index (χ0v) is 12.4. The zero-order chi connectivity index (χ0) is 14.0. The summed E-state index contributed by atoms with van der Waals surface area (Å²) in [5.74, 6) is 0.844. The van der Waals surface area contributed by atoms with Crippen LogP contribution in [0.5, 0.6) is 0 Å². The Bertz CT molecular complexity index is 463. The Morgan fingerprint density at radius 2 is 1.80 bits per heavy atom. The monoisotopic (exact) mass is 272 g/mol. The summed E-state index contributed by atoms with van der Waals surface area (Å²) in [4.78, 5) is 12.5. The van der Waals surface area contributed by atoms with Crippen molar-refractivity contribution in [1.29, 1.82) is 0 Å². The highest BCUT2D eigenvalue weighted by molar-refractivity contribution is 6.02. The maximum atomic E-state index is 12.5. The number of Topliss-reactive ketones (excluding diaryl/α,β-unsaturated/α-hetero) is 1. The number of ketones is 1. The molecule has 2 aliphatic rings. The van der Waals surface area contributed by atoms with Gasteiger partial charge in [-0.1, -0.05) is 43.5 Å². The number of benzene rings is 1. The van der Waals surface area contributed by atoms with Crippen molar-refractivity contribution in [3.63, 3.8) is 0 Å². The summed E-state index contributed by atoms with van der Waals surface area (Å²) in [6.45, 7) is 2.64. The molecule has 1 atom stereocenters. The molecule has 2 heteroatoms. The molecule has 1 unspecified atom stereocenters. The van der Waals surface area contributed by atoms with Gasteiger partial charge in [-0.3, -0.25) is 4.79 Å². The molecule has 0 aromatic heterocycles. The zero-order valence-electron chi connectivity index (χ0n) is 12.4. The van der Waals surface area contributed by atoms with E-state index in [0.717, 1.165) is 18.4 Å². The summed E-state index contributed by atoms with van der Waals surface area (Å²) in [6, 6.07) is 8.31. The largest absolute Gasteiger partial charge is 0.367 e. The van der Waals surface area contributed by atoms with Crippen molar-refractivity contribution in [1.82, 2.24) is 0 Å². The first-order chi connectivity index (χ1) is 9.69. The van der Waals surface area contributed by atoms with Crippen molar-refractivity contribution >= 4 is 5.78 Å². The number of carbonyl (C=O) groups is 1. The highest BCUT2D eigenvalue weighted by Gasteiger charge is 2.38. The molecule has 1 aromatic rings. The molecule has 0 radical (unpaired) electrons. The molecule has 1 aromatic carbocycles. The minimum absolute atomic E-state index is 0.144. The van der Waals surface area contributed by atoms with Gasteiger partial charge in [0, 0.05) is 12.2 Å². The number of ether oxygens (including phenoxy) is 1. The Hall–Kier alpha value is -1.15. The minimum Gasteiger partial charge on any atom is -0.367 e. The van der Waals surface area contributed by atoms with Crippen molar-refractivity contribution in [2.75, 3.05) is 6.61 Å². The predicted molar refractivity (Wildman–Crippen MR) is 80.2 cm³/mol. The van der Waals surface area contributed by atoms with E-state index in [-0.39, 0.29) is 5.78 Å². The molecule has 20 heavy (non-hydrogen) atoms. The van der Waals surface area contributed by atoms with Crippen LogP contribution < -0.4 is 0 Å². The molecule has 0 N–H and O–H groups in total. The Balaban J connectivity index is 1.73. The van der Waals surface area contributed by atoms with Gasteiger partial charge in [-0.2, -0.15) is 0 Å². The minimum atomic E-state index is -0.591. The summed E-state index contributed by atoms with van der Waals surface area (Å²) in [6.07, 6.45) is 8.50. The summed E-state index contributed by atoms with van der Waals surface area (Å²) < 4.78 is 5.65. The first kappa shape index (κ1) is 13.8. The van der Waals surface area contributed by atoms with E-state index in [2.05, 4.69) is 12.1 Å². The average molecular weight is 272 g/mol. The van der Waals surface area contributed by atoms with Crippen LogP contribution in [0.1, 0.15) is 73.7 Å². The molecular formula is C18H24O2. The highest BCUT2D eigenvalue weighted by atomic mass is 16.5. The summed E-state index contributed by atoms with van der Waals surface area (Å²) in [7, 11) is 0. The summed E-state index contributed by atoms with van der Waals surface area (Å²) >= 11 is 0. The van der Waals surface area contributed by atoms with Crippen molar-refractivity contribution in [2.45, 2.75) is 63.4 Å². The number of carbonyl (C=O) groups excluding carboxylic acids is 1. The lowest BCUT2D eigenvalue weighted by Gasteiger charge is -2.23. The van der Waals surface area contributed by atoms with Gasteiger partial charge in [0.15, 0.2) is 5.78 Å². The molecule has 1 aliphatic carbocycles.